The molecule has 2 aromatic rings. The largest absolute Gasteiger partial charge is 0.490 e. The molecule has 6 heteroatoms. The molecule has 4 rings (SSSR count). The van der Waals surface area contributed by atoms with E-state index in [0.717, 1.165) is 49.2 Å². The summed E-state index contributed by atoms with van der Waals surface area (Å²) >= 11 is 0. The Morgan fingerprint density at radius 2 is 1.93 bits per heavy atom. The lowest BCUT2D eigenvalue weighted by molar-refractivity contribution is 0.297. The number of para-hydroxylation sites is 1. The van der Waals surface area contributed by atoms with Gasteiger partial charge in [-0.25, -0.2) is 0 Å². The van der Waals surface area contributed by atoms with E-state index in [0.29, 0.717) is 19.1 Å². The molecule has 1 atom stereocenters. The van der Waals surface area contributed by atoms with Crippen LogP contribution in [0.15, 0.2) is 53.5 Å². The monoisotopic (exact) mass is 380 g/mol. The number of hydrogen-bond acceptors (Lipinski definition) is 4. The van der Waals surface area contributed by atoms with Gasteiger partial charge in [0.05, 0.1) is 13.2 Å². The zero-order valence-corrected chi connectivity index (χ0v) is 16.4. The van der Waals surface area contributed by atoms with Crippen LogP contribution in [0.25, 0.3) is 0 Å². The number of guanidine groups is 1. The molecule has 2 aliphatic heterocycles. The van der Waals surface area contributed by atoms with Crippen molar-refractivity contribution < 1.29 is 9.47 Å². The minimum Gasteiger partial charge on any atom is -0.490 e. The van der Waals surface area contributed by atoms with Gasteiger partial charge in [-0.3, -0.25) is 4.99 Å². The second-order valence-corrected chi connectivity index (χ2v) is 7.23. The highest BCUT2D eigenvalue weighted by atomic mass is 16.5. The van der Waals surface area contributed by atoms with Crippen molar-refractivity contribution >= 4 is 17.3 Å². The molecule has 1 saturated heterocycles. The first-order valence-corrected chi connectivity index (χ1v) is 9.99. The molecule has 2 aromatic carbocycles. The highest BCUT2D eigenvalue weighted by Gasteiger charge is 2.22. The first-order valence-electron chi connectivity index (χ1n) is 9.99. The van der Waals surface area contributed by atoms with Gasteiger partial charge in [0.15, 0.2) is 17.5 Å². The minimum atomic E-state index is 0.600. The number of nitrogens with zero attached hydrogens (tertiary/aromatic N) is 2. The van der Waals surface area contributed by atoms with E-state index in [-0.39, 0.29) is 0 Å². The smallest absolute Gasteiger partial charge is 0.195 e. The zero-order valence-electron chi connectivity index (χ0n) is 16.4. The van der Waals surface area contributed by atoms with E-state index in [4.69, 9.17) is 9.47 Å². The Bertz CT molecular complexity index is 809. The number of anilines is 2. The number of nitrogens with one attached hydrogen (secondary N) is 2. The van der Waals surface area contributed by atoms with E-state index in [2.05, 4.69) is 50.9 Å². The van der Waals surface area contributed by atoms with Crippen molar-refractivity contribution in [3.63, 3.8) is 0 Å². The molecule has 0 spiro atoms. The summed E-state index contributed by atoms with van der Waals surface area (Å²) in [6.07, 6.45) is 2.09. The first kappa shape index (κ1) is 18.5. The molecule has 0 aliphatic carbocycles. The van der Waals surface area contributed by atoms with Crippen molar-refractivity contribution in [1.29, 1.82) is 0 Å². The summed E-state index contributed by atoms with van der Waals surface area (Å²) in [5.41, 5.74) is 2.24. The van der Waals surface area contributed by atoms with Gasteiger partial charge in [-0.15, -0.1) is 0 Å². The Labute approximate surface area is 166 Å². The normalized spacial score (nSPS) is 19.2. The van der Waals surface area contributed by atoms with Crippen molar-refractivity contribution in [2.45, 2.75) is 12.8 Å². The summed E-state index contributed by atoms with van der Waals surface area (Å²) in [5, 5.41) is 6.82. The van der Waals surface area contributed by atoms with Crippen molar-refractivity contribution in [2.24, 2.45) is 10.9 Å². The summed E-state index contributed by atoms with van der Waals surface area (Å²) in [7, 11) is 1.79. The molecule has 2 heterocycles. The van der Waals surface area contributed by atoms with Crippen LogP contribution in [-0.2, 0) is 0 Å². The summed E-state index contributed by atoms with van der Waals surface area (Å²) in [6, 6.07) is 16.5. The lowest BCUT2D eigenvalue weighted by Crippen LogP contribution is -2.35. The Balaban J connectivity index is 1.30. The Morgan fingerprint density at radius 3 is 2.75 bits per heavy atom. The fourth-order valence-corrected chi connectivity index (χ4v) is 3.67. The maximum Gasteiger partial charge on any atom is 0.195 e. The summed E-state index contributed by atoms with van der Waals surface area (Å²) < 4.78 is 11.5. The van der Waals surface area contributed by atoms with Gasteiger partial charge in [0.2, 0.25) is 0 Å². The fraction of sp³-hybridized carbons (Fsp3) is 0.409. The fourth-order valence-electron chi connectivity index (χ4n) is 3.67. The van der Waals surface area contributed by atoms with Crippen molar-refractivity contribution in [1.82, 2.24) is 5.32 Å². The van der Waals surface area contributed by atoms with Crippen LogP contribution >= 0.6 is 0 Å². The first-order chi connectivity index (χ1) is 13.8. The number of benzene rings is 2. The van der Waals surface area contributed by atoms with Crippen molar-refractivity contribution in [3.8, 4) is 11.5 Å². The maximum atomic E-state index is 5.77. The second kappa shape index (κ2) is 8.87. The Kier molecular flexibility index (Phi) is 5.85. The highest BCUT2D eigenvalue weighted by molar-refractivity contribution is 5.93. The lowest BCUT2D eigenvalue weighted by Gasteiger charge is -2.19. The van der Waals surface area contributed by atoms with Gasteiger partial charge in [-0.05, 0) is 36.6 Å². The third-order valence-electron chi connectivity index (χ3n) is 5.20. The van der Waals surface area contributed by atoms with Crippen LogP contribution in [-0.4, -0.2) is 45.9 Å². The molecule has 2 N–H and O–H groups in total. The van der Waals surface area contributed by atoms with Crippen LogP contribution in [0.3, 0.4) is 0 Å². The van der Waals surface area contributed by atoms with Gasteiger partial charge in [0.25, 0.3) is 0 Å². The van der Waals surface area contributed by atoms with E-state index in [1.54, 1.807) is 7.05 Å². The average molecular weight is 380 g/mol. The van der Waals surface area contributed by atoms with Gasteiger partial charge < -0.3 is 25.0 Å². The molecule has 1 fully saturated rings. The number of ether oxygens (including phenoxy) is 2. The van der Waals surface area contributed by atoms with Crippen LogP contribution in [0.1, 0.15) is 12.8 Å². The predicted molar refractivity (Wildman–Crippen MR) is 114 cm³/mol. The summed E-state index contributed by atoms with van der Waals surface area (Å²) in [4.78, 5) is 6.81. The summed E-state index contributed by atoms with van der Waals surface area (Å²) in [6.45, 7) is 4.45. The number of hydrogen-bond donors (Lipinski definition) is 2. The van der Waals surface area contributed by atoms with Crippen LogP contribution in [0.5, 0.6) is 11.5 Å². The quantitative estimate of drug-likeness (QED) is 0.629. The standard InChI is InChI=1S/C22H28N4O2/c1-23-22(25-18-8-9-20-21(14-18)28-13-5-12-27-20)24-15-17-10-11-26(16-17)19-6-3-2-4-7-19/h2-4,6-9,14,17H,5,10-13,15-16H2,1H3,(H2,23,24,25). The van der Waals surface area contributed by atoms with Gasteiger partial charge in [0.1, 0.15) is 0 Å². The van der Waals surface area contributed by atoms with E-state index >= 15 is 0 Å². The molecule has 0 saturated carbocycles. The van der Waals surface area contributed by atoms with Gasteiger partial charge in [0, 0.05) is 50.5 Å². The van der Waals surface area contributed by atoms with Crippen LogP contribution in [0, 0.1) is 5.92 Å². The van der Waals surface area contributed by atoms with E-state index in [9.17, 15) is 0 Å². The zero-order chi connectivity index (χ0) is 19.2. The molecule has 2 aliphatic rings. The predicted octanol–water partition coefficient (Wildman–Crippen LogP) is 3.36. The molecule has 1 unspecified atom stereocenters. The number of aliphatic imine (C=N–C) groups is 1. The molecule has 0 bridgehead atoms. The third-order valence-corrected chi connectivity index (χ3v) is 5.20. The molecule has 0 amide bonds. The Hall–Kier alpha value is -2.89. The van der Waals surface area contributed by atoms with Crippen molar-refractivity contribution in [2.75, 3.05) is 50.1 Å². The second-order valence-electron chi connectivity index (χ2n) is 7.23. The van der Waals surface area contributed by atoms with E-state index < -0.39 is 0 Å². The maximum absolute atomic E-state index is 5.77. The molecule has 0 aromatic heterocycles. The van der Waals surface area contributed by atoms with Crippen molar-refractivity contribution in [3.05, 3.63) is 48.5 Å². The topological polar surface area (TPSA) is 58.1 Å². The highest BCUT2D eigenvalue weighted by Crippen LogP contribution is 2.32. The van der Waals surface area contributed by atoms with Gasteiger partial charge in [-0.2, -0.15) is 0 Å². The SMILES string of the molecule is CN=C(NCC1CCN(c2ccccc2)C1)Nc1ccc2c(c1)OCCCO2. The van der Waals surface area contributed by atoms with Crippen LogP contribution in [0.4, 0.5) is 11.4 Å². The lowest BCUT2D eigenvalue weighted by atomic mass is 10.1. The molecule has 28 heavy (non-hydrogen) atoms. The molecular weight excluding hydrogens is 352 g/mol. The minimum absolute atomic E-state index is 0.600. The van der Waals surface area contributed by atoms with Crippen LogP contribution in [0.2, 0.25) is 0 Å². The molecule has 0 radical (unpaired) electrons. The number of fused-ring (bicyclic) bond motifs is 1. The average Bonchev–Trinajstić information content (AvgIpc) is 3.09. The van der Waals surface area contributed by atoms with Gasteiger partial charge in [-0.1, -0.05) is 18.2 Å². The third kappa shape index (κ3) is 4.50. The molecular formula is C22H28N4O2. The molecule has 148 valence electrons. The molecule has 6 nitrogen and oxygen atoms in total. The Morgan fingerprint density at radius 1 is 1.11 bits per heavy atom. The number of rotatable bonds is 4. The summed E-state index contributed by atoms with van der Waals surface area (Å²) in [5.74, 6) is 2.96. The van der Waals surface area contributed by atoms with Crippen LogP contribution < -0.4 is 25.0 Å². The van der Waals surface area contributed by atoms with E-state index in [1.807, 2.05) is 18.2 Å². The van der Waals surface area contributed by atoms with E-state index in [1.165, 1.54) is 12.1 Å². The van der Waals surface area contributed by atoms with Gasteiger partial charge >= 0.3 is 0 Å².